The molecule has 0 saturated carbocycles. The van der Waals surface area contributed by atoms with Crippen LogP contribution in [0.1, 0.15) is 12.8 Å². The summed E-state index contributed by atoms with van der Waals surface area (Å²) in [4.78, 5) is 23.6. The van der Waals surface area contributed by atoms with E-state index in [0.717, 1.165) is 38.1 Å². The molecule has 0 bridgehead atoms. The number of nitrogens with one attached hydrogen (secondary N) is 1. The number of hydrogen-bond acceptors (Lipinski definition) is 3. The van der Waals surface area contributed by atoms with E-state index in [2.05, 4.69) is 5.32 Å². The average Bonchev–Trinajstić information content (AvgIpc) is 2.26. The Balaban J connectivity index is 2.46. The monoisotopic (exact) mass is 226 g/mol. The van der Waals surface area contributed by atoms with Crippen molar-refractivity contribution in [1.82, 2.24) is 10.2 Å². The Morgan fingerprint density at radius 2 is 2.25 bits per heavy atom. The molecule has 1 fully saturated rings. The maximum atomic E-state index is 11.6. The van der Waals surface area contributed by atoms with Crippen molar-refractivity contribution in [3.8, 4) is 0 Å². The second-order valence-electron chi connectivity index (χ2n) is 4.02. The molecular weight excluding hydrogens is 208 g/mol. The third-order valence-corrected chi connectivity index (χ3v) is 2.69. The van der Waals surface area contributed by atoms with Crippen molar-refractivity contribution in [2.45, 2.75) is 12.8 Å². The molecule has 0 radical (unpaired) electrons. The molecule has 0 aromatic heterocycles. The van der Waals surface area contributed by atoms with Gasteiger partial charge in [0.1, 0.15) is 0 Å². The van der Waals surface area contributed by atoms with Gasteiger partial charge in [-0.3, -0.25) is 4.79 Å². The van der Waals surface area contributed by atoms with Gasteiger partial charge in [-0.05, 0) is 32.4 Å². The second-order valence-corrected chi connectivity index (χ2v) is 4.02. The zero-order valence-electron chi connectivity index (χ0n) is 9.48. The Morgan fingerprint density at radius 1 is 1.50 bits per heavy atom. The molecule has 1 saturated heterocycles. The first kappa shape index (κ1) is 12.7. The maximum absolute atomic E-state index is 11.6. The van der Waals surface area contributed by atoms with Crippen LogP contribution in [0.15, 0.2) is 12.2 Å². The number of aliphatic carboxylic acids is 1. The van der Waals surface area contributed by atoms with E-state index in [0.29, 0.717) is 12.5 Å². The Labute approximate surface area is 95.1 Å². The average molecular weight is 226 g/mol. The summed E-state index contributed by atoms with van der Waals surface area (Å²) < 4.78 is 0. The molecule has 1 unspecified atom stereocenters. The van der Waals surface area contributed by atoms with Crippen LogP contribution in [0.3, 0.4) is 0 Å². The summed E-state index contributed by atoms with van der Waals surface area (Å²) in [5.41, 5.74) is 0. The number of carboxylic acids is 1. The van der Waals surface area contributed by atoms with E-state index in [1.165, 1.54) is 0 Å². The van der Waals surface area contributed by atoms with Crippen molar-refractivity contribution in [3.63, 3.8) is 0 Å². The first-order valence-electron chi connectivity index (χ1n) is 5.48. The number of amides is 1. The van der Waals surface area contributed by atoms with Gasteiger partial charge in [-0.2, -0.15) is 0 Å². The highest BCUT2D eigenvalue weighted by Gasteiger charge is 2.21. The zero-order valence-corrected chi connectivity index (χ0v) is 9.48. The van der Waals surface area contributed by atoms with Crippen LogP contribution in [0.4, 0.5) is 0 Å². The molecule has 2 N–H and O–H groups in total. The molecule has 1 rings (SSSR count). The number of piperidine rings is 1. The molecule has 1 atom stereocenters. The lowest BCUT2D eigenvalue weighted by Gasteiger charge is -2.32. The highest BCUT2D eigenvalue weighted by atomic mass is 16.4. The van der Waals surface area contributed by atoms with Crippen LogP contribution in [-0.2, 0) is 9.59 Å². The maximum Gasteiger partial charge on any atom is 0.328 e. The lowest BCUT2D eigenvalue weighted by Crippen LogP contribution is -2.41. The normalized spacial score (nSPS) is 21.3. The third kappa shape index (κ3) is 4.02. The summed E-state index contributed by atoms with van der Waals surface area (Å²) in [5, 5.41) is 11.5. The van der Waals surface area contributed by atoms with E-state index in [1.54, 1.807) is 4.90 Å². The highest BCUT2D eigenvalue weighted by Crippen LogP contribution is 2.15. The van der Waals surface area contributed by atoms with Gasteiger partial charge in [0, 0.05) is 25.2 Å². The quantitative estimate of drug-likeness (QED) is 0.666. The van der Waals surface area contributed by atoms with Gasteiger partial charge in [0.15, 0.2) is 0 Å². The molecule has 1 heterocycles. The minimum Gasteiger partial charge on any atom is -0.478 e. The molecule has 5 nitrogen and oxygen atoms in total. The van der Waals surface area contributed by atoms with E-state index in [9.17, 15) is 9.59 Å². The van der Waals surface area contributed by atoms with E-state index in [-0.39, 0.29) is 5.91 Å². The number of hydrogen-bond donors (Lipinski definition) is 2. The number of carbonyl (C=O) groups is 2. The smallest absolute Gasteiger partial charge is 0.328 e. The molecule has 16 heavy (non-hydrogen) atoms. The van der Waals surface area contributed by atoms with Crippen molar-refractivity contribution in [2.24, 2.45) is 5.92 Å². The van der Waals surface area contributed by atoms with Crippen LogP contribution in [0.2, 0.25) is 0 Å². The Hall–Kier alpha value is -1.36. The first-order valence-corrected chi connectivity index (χ1v) is 5.48. The topological polar surface area (TPSA) is 69.6 Å². The van der Waals surface area contributed by atoms with Crippen LogP contribution < -0.4 is 5.32 Å². The van der Waals surface area contributed by atoms with Gasteiger partial charge in [0.2, 0.25) is 5.91 Å². The molecule has 5 heteroatoms. The minimum absolute atomic E-state index is 0.205. The second kappa shape index (κ2) is 6.27. The predicted molar refractivity (Wildman–Crippen MR) is 60.0 cm³/mol. The molecule has 0 aliphatic carbocycles. The fourth-order valence-electron chi connectivity index (χ4n) is 1.97. The van der Waals surface area contributed by atoms with Crippen molar-refractivity contribution in [3.05, 3.63) is 12.2 Å². The van der Waals surface area contributed by atoms with Crippen molar-refractivity contribution in [2.75, 3.05) is 26.7 Å². The Morgan fingerprint density at radius 3 is 2.88 bits per heavy atom. The fourth-order valence-corrected chi connectivity index (χ4v) is 1.97. The van der Waals surface area contributed by atoms with Gasteiger partial charge in [0.05, 0.1) is 0 Å². The summed E-state index contributed by atoms with van der Waals surface area (Å²) in [5.74, 6) is -0.818. The number of carboxylic acid groups (broad SMARTS) is 1. The zero-order chi connectivity index (χ0) is 12.0. The number of rotatable bonds is 4. The largest absolute Gasteiger partial charge is 0.478 e. The number of likely N-dealkylation sites (tertiary alicyclic amines) is 1. The Bertz CT molecular complexity index is 287. The number of nitrogens with zero attached hydrogens (tertiary/aromatic N) is 1. The molecule has 0 aromatic rings. The highest BCUT2D eigenvalue weighted by molar-refractivity contribution is 5.93. The summed E-state index contributed by atoms with van der Waals surface area (Å²) >= 11 is 0. The molecule has 0 spiro atoms. The first-order chi connectivity index (χ1) is 7.63. The summed E-state index contributed by atoms with van der Waals surface area (Å²) in [6, 6.07) is 0. The summed E-state index contributed by atoms with van der Waals surface area (Å²) in [6.07, 6.45) is 4.13. The van der Waals surface area contributed by atoms with Crippen LogP contribution in [0, 0.1) is 5.92 Å². The molecule has 1 aliphatic heterocycles. The van der Waals surface area contributed by atoms with Crippen molar-refractivity contribution >= 4 is 11.9 Å². The van der Waals surface area contributed by atoms with Crippen LogP contribution in [0.25, 0.3) is 0 Å². The lowest BCUT2D eigenvalue weighted by atomic mass is 9.98. The van der Waals surface area contributed by atoms with Gasteiger partial charge >= 0.3 is 5.97 Å². The molecule has 1 amide bonds. The van der Waals surface area contributed by atoms with E-state index in [1.807, 2.05) is 7.05 Å². The van der Waals surface area contributed by atoms with Crippen molar-refractivity contribution < 1.29 is 14.7 Å². The van der Waals surface area contributed by atoms with E-state index < -0.39 is 5.97 Å². The third-order valence-electron chi connectivity index (χ3n) is 2.69. The summed E-state index contributed by atoms with van der Waals surface area (Å²) in [7, 11) is 1.89. The van der Waals surface area contributed by atoms with Gasteiger partial charge in [-0.15, -0.1) is 0 Å². The summed E-state index contributed by atoms with van der Waals surface area (Å²) in [6.45, 7) is 2.33. The predicted octanol–water partition coefficient (Wildman–Crippen LogP) is 0.0852. The van der Waals surface area contributed by atoms with Gasteiger partial charge < -0.3 is 15.3 Å². The minimum atomic E-state index is -1.09. The van der Waals surface area contributed by atoms with Crippen LogP contribution in [0.5, 0.6) is 0 Å². The van der Waals surface area contributed by atoms with Gasteiger partial charge in [0.25, 0.3) is 0 Å². The Kier molecular flexibility index (Phi) is 4.98. The molecule has 1 aliphatic rings. The molecular formula is C11H18N2O3. The SMILES string of the molecule is CNCC1CCCN(C(=O)/C=C/C(=O)O)C1. The number of carbonyl (C=O) groups excluding carboxylic acids is 1. The van der Waals surface area contributed by atoms with Crippen molar-refractivity contribution in [1.29, 1.82) is 0 Å². The van der Waals surface area contributed by atoms with Crippen LogP contribution >= 0.6 is 0 Å². The van der Waals surface area contributed by atoms with E-state index >= 15 is 0 Å². The van der Waals surface area contributed by atoms with Crippen LogP contribution in [-0.4, -0.2) is 48.6 Å². The molecule has 0 aromatic carbocycles. The standard InChI is InChI=1S/C11H18N2O3/c1-12-7-9-3-2-6-13(8-9)10(14)4-5-11(15)16/h4-5,9,12H,2-3,6-8H2,1H3,(H,15,16)/b5-4+. The van der Waals surface area contributed by atoms with E-state index in [4.69, 9.17) is 5.11 Å². The van der Waals surface area contributed by atoms with Gasteiger partial charge in [-0.25, -0.2) is 4.79 Å². The lowest BCUT2D eigenvalue weighted by molar-refractivity contribution is -0.132. The van der Waals surface area contributed by atoms with Gasteiger partial charge in [-0.1, -0.05) is 0 Å². The molecule has 90 valence electrons. The fraction of sp³-hybridized carbons (Fsp3) is 0.636.